The van der Waals surface area contributed by atoms with Gasteiger partial charge in [-0.25, -0.2) is 9.50 Å². The second-order valence-corrected chi connectivity index (χ2v) is 6.99. The fourth-order valence-corrected chi connectivity index (χ4v) is 3.50. The standard InChI is InChI=1S/C17H22F3N5O/c1-10-5-4-8-24(9-10)14(26)7-6-13-11(2)21-16-22-15(17(18,19)20)23-25(16)12(13)3/h10H,4-9H2,1-3H3. The van der Waals surface area contributed by atoms with E-state index >= 15 is 0 Å². The molecule has 2 aromatic heterocycles. The van der Waals surface area contributed by atoms with Crippen molar-refractivity contribution in [2.45, 2.75) is 52.6 Å². The molecule has 0 aromatic carbocycles. The van der Waals surface area contributed by atoms with Gasteiger partial charge >= 0.3 is 6.18 Å². The molecular weight excluding hydrogens is 347 g/mol. The van der Waals surface area contributed by atoms with Crippen molar-refractivity contribution >= 4 is 11.7 Å². The average Bonchev–Trinajstić information content (AvgIpc) is 2.99. The maximum Gasteiger partial charge on any atom is 0.453 e. The topological polar surface area (TPSA) is 63.4 Å². The molecule has 1 atom stereocenters. The highest BCUT2D eigenvalue weighted by atomic mass is 19.4. The van der Waals surface area contributed by atoms with Gasteiger partial charge in [-0.05, 0) is 44.6 Å². The number of nitrogens with zero attached hydrogens (tertiary/aromatic N) is 5. The van der Waals surface area contributed by atoms with Crippen molar-refractivity contribution in [3.05, 3.63) is 22.8 Å². The number of rotatable bonds is 3. The van der Waals surface area contributed by atoms with Crippen LogP contribution < -0.4 is 0 Å². The lowest BCUT2D eigenvalue weighted by molar-refractivity contribution is -0.144. The molecule has 9 heteroatoms. The molecule has 26 heavy (non-hydrogen) atoms. The molecule has 1 unspecified atom stereocenters. The number of hydrogen-bond donors (Lipinski definition) is 0. The van der Waals surface area contributed by atoms with E-state index in [2.05, 4.69) is 22.0 Å². The van der Waals surface area contributed by atoms with E-state index in [0.29, 0.717) is 30.1 Å². The second-order valence-electron chi connectivity index (χ2n) is 6.99. The third kappa shape index (κ3) is 3.66. The predicted octanol–water partition coefficient (Wildman–Crippen LogP) is 2.95. The highest BCUT2D eigenvalue weighted by molar-refractivity contribution is 5.76. The Hall–Kier alpha value is -2.19. The molecule has 1 saturated heterocycles. The molecule has 3 heterocycles. The van der Waals surface area contributed by atoms with Gasteiger partial charge in [0, 0.05) is 30.9 Å². The van der Waals surface area contributed by atoms with E-state index in [-0.39, 0.29) is 11.7 Å². The lowest BCUT2D eigenvalue weighted by Gasteiger charge is -2.31. The van der Waals surface area contributed by atoms with Gasteiger partial charge in [-0.15, -0.1) is 5.10 Å². The molecule has 1 aliphatic heterocycles. The largest absolute Gasteiger partial charge is 0.453 e. The summed E-state index contributed by atoms with van der Waals surface area (Å²) in [6.45, 7) is 7.08. The van der Waals surface area contributed by atoms with Crippen LogP contribution >= 0.6 is 0 Å². The molecule has 0 aliphatic carbocycles. The van der Waals surface area contributed by atoms with Gasteiger partial charge in [0.2, 0.25) is 5.91 Å². The molecule has 1 aliphatic rings. The van der Waals surface area contributed by atoms with E-state index in [1.54, 1.807) is 13.8 Å². The number of likely N-dealkylation sites (tertiary alicyclic amines) is 1. The average molecular weight is 369 g/mol. The predicted molar refractivity (Wildman–Crippen MR) is 88.6 cm³/mol. The zero-order chi connectivity index (χ0) is 19.1. The van der Waals surface area contributed by atoms with Crippen LogP contribution in [0.25, 0.3) is 5.78 Å². The minimum absolute atomic E-state index is 0.0741. The summed E-state index contributed by atoms with van der Waals surface area (Å²) in [4.78, 5) is 21.9. The van der Waals surface area contributed by atoms with E-state index in [1.807, 2.05) is 4.90 Å². The SMILES string of the molecule is Cc1nc2nc(C(F)(F)F)nn2c(C)c1CCC(=O)N1CCCC(C)C1. The summed E-state index contributed by atoms with van der Waals surface area (Å²) in [5.74, 6) is -0.703. The third-order valence-corrected chi connectivity index (χ3v) is 4.90. The zero-order valence-electron chi connectivity index (χ0n) is 15.1. The number of carbonyl (C=O) groups is 1. The van der Waals surface area contributed by atoms with Crippen molar-refractivity contribution in [2.75, 3.05) is 13.1 Å². The molecular formula is C17H22F3N5O. The van der Waals surface area contributed by atoms with Crippen molar-refractivity contribution in [2.24, 2.45) is 5.92 Å². The quantitative estimate of drug-likeness (QED) is 0.835. The van der Waals surface area contributed by atoms with E-state index in [9.17, 15) is 18.0 Å². The first-order chi connectivity index (χ1) is 12.2. The highest BCUT2D eigenvalue weighted by Crippen LogP contribution is 2.27. The van der Waals surface area contributed by atoms with Crippen molar-refractivity contribution < 1.29 is 18.0 Å². The number of piperidine rings is 1. The molecule has 0 saturated carbocycles. The number of carbonyl (C=O) groups excluding carboxylic acids is 1. The van der Waals surface area contributed by atoms with Crippen LogP contribution in [-0.2, 0) is 17.4 Å². The summed E-state index contributed by atoms with van der Waals surface area (Å²) in [6.07, 6.45) is -1.74. The molecule has 3 rings (SSSR count). The Bertz CT molecular complexity index is 830. The third-order valence-electron chi connectivity index (χ3n) is 4.90. The van der Waals surface area contributed by atoms with Gasteiger partial charge in [0.05, 0.1) is 0 Å². The highest BCUT2D eigenvalue weighted by Gasteiger charge is 2.37. The van der Waals surface area contributed by atoms with Crippen molar-refractivity contribution in [1.29, 1.82) is 0 Å². The summed E-state index contributed by atoms with van der Waals surface area (Å²) >= 11 is 0. The number of halogens is 3. The Balaban J connectivity index is 1.80. The monoisotopic (exact) mass is 369 g/mol. The van der Waals surface area contributed by atoms with Crippen LogP contribution in [0, 0.1) is 19.8 Å². The Morgan fingerprint density at radius 3 is 2.65 bits per heavy atom. The Labute approximate surface area is 149 Å². The molecule has 0 N–H and O–H groups in total. The van der Waals surface area contributed by atoms with Crippen molar-refractivity contribution in [3.63, 3.8) is 0 Å². The van der Waals surface area contributed by atoms with Gasteiger partial charge < -0.3 is 4.90 Å². The number of amides is 1. The van der Waals surface area contributed by atoms with E-state index < -0.39 is 12.0 Å². The van der Waals surface area contributed by atoms with Crippen molar-refractivity contribution in [1.82, 2.24) is 24.5 Å². The summed E-state index contributed by atoms with van der Waals surface area (Å²) in [6, 6.07) is 0. The molecule has 0 bridgehead atoms. The molecule has 2 aromatic rings. The minimum atomic E-state index is -4.62. The van der Waals surface area contributed by atoms with Gasteiger partial charge in [0.25, 0.3) is 11.6 Å². The first kappa shape index (κ1) is 18.6. The zero-order valence-corrected chi connectivity index (χ0v) is 15.1. The fourth-order valence-electron chi connectivity index (χ4n) is 3.50. The Morgan fingerprint density at radius 2 is 2.00 bits per heavy atom. The lowest BCUT2D eigenvalue weighted by Crippen LogP contribution is -2.39. The maximum absolute atomic E-state index is 12.8. The Morgan fingerprint density at radius 1 is 1.27 bits per heavy atom. The molecule has 0 radical (unpaired) electrons. The van der Waals surface area contributed by atoms with Gasteiger partial charge in [0.1, 0.15) is 0 Å². The van der Waals surface area contributed by atoms with Crippen LogP contribution in [0.5, 0.6) is 0 Å². The van der Waals surface area contributed by atoms with Crippen LogP contribution in [0.15, 0.2) is 0 Å². The first-order valence-corrected chi connectivity index (χ1v) is 8.74. The maximum atomic E-state index is 12.8. The van der Waals surface area contributed by atoms with E-state index in [0.717, 1.165) is 36.0 Å². The van der Waals surface area contributed by atoms with Crippen LogP contribution in [0.3, 0.4) is 0 Å². The smallest absolute Gasteiger partial charge is 0.342 e. The number of aromatic nitrogens is 4. The summed E-state index contributed by atoms with van der Waals surface area (Å²) in [7, 11) is 0. The fraction of sp³-hybridized carbons (Fsp3) is 0.647. The van der Waals surface area contributed by atoms with Gasteiger partial charge in [0.15, 0.2) is 0 Å². The van der Waals surface area contributed by atoms with Crippen LogP contribution in [0.2, 0.25) is 0 Å². The summed E-state index contributed by atoms with van der Waals surface area (Å²) < 4.78 is 39.6. The normalized spacial score (nSPS) is 18.5. The Kier molecular flexibility index (Phi) is 4.90. The van der Waals surface area contributed by atoms with E-state index in [1.165, 1.54) is 0 Å². The van der Waals surface area contributed by atoms with Gasteiger partial charge in [-0.3, -0.25) is 4.79 Å². The van der Waals surface area contributed by atoms with Gasteiger partial charge in [-0.1, -0.05) is 6.92 Å². The van der Waals surface area contributed by atoms with E-state index in [4.69, 9.17) is 0 Å². The molecule has 6 nitrogen and oxygen atoms in total. The van der Waals surface area contributed by atoms with Crippen molar-refractivity contribution in [3.8, 4) is 0 Å². The second kappa shape index (κ2) is 6.85. The van der Waals surface area contributed by atoms with Gasteiger partial charge in [-0.2, -0.15) is 18.2 Å². The van der Waals surface area contributed by atoms with Crippen LogP contribution in [0.1, 0.15) is 49.0 Å². The van der Waals surface area contributed by atoms with Crippen LogP contribution in [0.4, 0.5) is 13.2 Å². The number of hydrogen-bond acceptors (Lipinski definition) is 4. The number of fused-ring (bicyclic) bond motifs is 1. The minimum Gasteiger partial charge on any atom is -0.342 e. The first-order valence-electron chi connectivity index (χ1n) is 8.74. The number of alkyl halides is 3. The summed E-state index contributed by atoms with van der Waals surface area (Å²) in [5, 5.41) is 3.53. The molecule has 0 spiro atoms. The van der Waals surface area contributed by atoms with Crippen LogP contribution in [-0.4, -0.2) is 43.5 Å². The summed E-state index contributed by atoms with van der Waals surface area (Å²) in [5.41, 5.74) is 1.86. The molecule has 1 amide bonds. The number of aryl methyl sites for hydroxylation is 2. The molecule has 142 valence electrons. The lowest BCUT2D eigenvalue weighted by atomic mass is 9.99. The molecule has 1 fully saturated rings.